The van der Waals surface area contributed by atoms with Crippen molar-refractivity contribution >= 4 is 28.3 Å². The molecule has 176 valence electrons. The van der Waals surface area contributed by atoms with Gasteiger partial charge in [0.1, 0.15) is 23.4 Å². The van der Waals surface area contributed by atoms with Gasteiger partial charge in [-0.15, -0.1) is 0 Å². The number of pyridine rings is 3. The number of amides is 1. The maximum Gasteiger partial charge on any atom is 0.306 e. The van der Waals surface area contributed by atoms with E-state index >= 15 is 0 Å². The molecule has 0 aliphatic carbocycles. The monoisotopic (exact) mass is 473 g/mol. The van der Waals surface area contributed by atoms with E-state index < -0.39 is 12.5 Å². The van der Waals surface area contributed by atoms with Crippen molar-refractivity contribution in [3.8, 4) is 6.07 Å². The second-order valence-electron chi connectivity index (χ2n) is 7.78. The van der Waals surface area contributed by atoms with Gasteiger partial charge in [-0.1, -0.05) is 18.2 Å². The highest BCUT2D eigenvalue weighted by Crippen LogP contribution is 2.26. The normalized spacial score (nSPS) is 11.1. The molecule has 4 N–H and O–H groups in total. The van der Waals surface area contributed by atoms with Gasteiger partial charge in [0.15, 0.2) is 0 Å². The predicted octanol–water partition coefficient (Wildman–Crippen LogP) is 3.54. The maximum absolute atomic E-state index is 14.4. The molecule has 4 rings (SSSR count). The molecule has 0 atom stereocenters. The molecule has 4 aromatic rings. The highest BCUT2D eigenvalue weighted by Gasteiger charge is 2.32. The molecule has 0 spiro atoms. The summed E-state index contributed by atoms with van der Waals surface area (Å²) in [6.07, 6.45) is 2.73. The van der Waals surface area contributed by atoms with Crippen LogP contribution in [0.3, 0.4) is 0 Å². The van der Waals surface area contributed by atoms with Gasteiger partial charge in [0, 0.05) is 24.3 Å². The van der Waals surface area contributed by atoms with Crippen LogP contribution in [0.25, 0.3) is 10.8 Å². The Labute approximate surface area is 199 Å². The Balaban J connectivity index is 1.41. The van der Waals surface area contributed by atoms with Gasteiger partial charge in [0.2, 0.25) is 5.91 Å². The largest absolute Gasteiger partial charge is 0.383 e. The number of aromatic nitrogens is 3. The fourth-order valence-electron chi connectivity index (χ4n) is 3.47. The van der Waals surface area contributed by atoms with Crippen molar-refractivity contribution in [3.63, 3.8) is 0 Å². The Hall–Kier alpha value is -4.65. The lowest BCUT2D eigenvalue weighted by atomic mass is 10.1. The Morgan fingerprint density at radius 3 is 2.71 bits per heavy atom. The quantitative estimate of drug-likeness (QED) is 0.357. The van der Waals surface area contributed by atoms with Crippen LogP contribution in [-0.4, -0.2) is 27.4 Å². The zero-order valence-electron chi connectivity index (χ0n) is 18.5. The number of rotatable bonds is 8. The van der Waals surface area contributed by atoms with E-state index in [9.17, 15) is 18.8 Å². The molecule has 0 fully saturated rings. The number of nitrogen functional groups attached to an aromatic ring is 1. The Morgan fingerprint density at radius 2 is 1.94 bits per heavy atom. The lowest BCUT2D eigenvalue weighted by molar-refractivity contribution is -0.120. The lowest BCUT2D eigenvalue weighted by Crippen LogP contribution is -2.27. The molecule has 3 heterocycles. The number of hydrogen-bond acceptors (Lipinski definition) is 7. The summed E-state index contributed by atoms with van der Waals surface area (Å²) < 4.78 is 28.8. The Kier molecular flexibility index (Phi) is 6.78. The highest BCUT2D eigenvalue weighted by molar-refractivity contribution is 5.91. The number of fused-ring (bicyclic) bond motifs is 1. The summed E-state index contributed by atoms with van der Waals surface area (Å²) in [6.45, 7) is -0.506. The first-order valence-corrected chi connectivity index (χ1v) is 10.7. The standard InChI is InChI=1S/C25H21F2N7O/c26-25(27,21-3-1-2-9-30-21)15-33-22-7-6-18(13-28)20(34-22)12-23(35)32-14-16-4-5-17-8-10-31-24(29)19(17)11-16/h1-11H,12,14-15H2,(H2,29,31)(H,32,35)(H,33,34). The van der Waals surface area contributed by atoms with Crippen LogP contribution in [0.15, 0.2) is 67.0 Å². The minimum Gasteiger partial charge on any atom is -0.383 e. The molecule has 0 unspecified atom stereocenters. The topological polar surface area (TPSA) is 130 Å². The van der Waals surface area contributed by atoms with Crippen molar-refractivity contribution in [2.24, 2.45) is 0 Å². The van der Waals surface area contributed by atoms with Crippen LogP contribution in [-0.2, 0) is 23.7 Å². The minimum atomic E-state index is -3.23. The van der Waals surface area contributed by atoms with E-state index in [4.69, 9.17) is 5.73 Å². The third kappa shape index (κ3) is 5.65. The fraction of sp³-hybridized carbons (Fsp3) is 0.160. The van der Waals surface area contributed by atoms with Gasteiger partial charge < -0.3 is 16.4 Å². The van der Waals surface area contributed by atoms with Gasteiger partial charge in [-0.3, -0.25) is 9.78 Å². The number of hydrogen-bond donors (Lipinski definition) is 3. The summed E-state index contributed by atoms with van der Waals surface area (Å²) in [5.74, 6) is -3.08. The van der Waals surface area contributed by atoms with Crippen molar-refractivity contribution < 1.29 is 13.6 Å². The average molecular weight is 473 g/mol. The zero-order chi connectivity index (χ0) is 24.8. The molecule has 1 aromatic carbocycles. The van der Waals surface area contributed by atoms with E-state index in [1.54, 1.807) is 12.3 Å². The van der Waals surface area contributed by atoms with Gasteiger partial charge in [-0.25, -0.2) is 9.97 Å². The second kappa shape index (κ2) is 10.1. The number of benzene rings is 1. The Bertz CT molecular complexity index is 1400. The van der Waals surface area contributed by atoms with Gasteiger partial charge in [-0.2, -0.15) is 14.0 Å². The van der Waals surface area contributed by atoms with Crippen molar-refractivity contribution in [2.45, 2.75) is 18.9 Å². The third-order valence-corrected chi connectivity index (χ3v) is 5.30. The van der Waals surface area contributed by atoms with Gasteiger partial charge in [0.25, 0.3) is 0 Å². The average Bonchev–Trinajstić information content (AvgIpc) is 2.87. The first-order chi connectivity index (χ1) is 16.9. The Morgan fingerprint density at radius 1 is 1.09 bits per heavy atom. The summed E-state index contributed by atoms with van der Waals surface area (Å²) in [5, 5.41) is 16.5. The number of nitriles is 1. The molecule has 0 radical (unpaired) electrons. The molecule has 1 amide bonds. The highest BCUT2D eigenvalue weighted by atomic mass is 19.3. The summed E-state index contributed by atoms with van der Waals surface area (Å²) in [4.78, 5) is 24.5. The first-order valence-electron chi connectivity index (χ1n) is 10.7. The summed E-state index contributed by atoms with van der Waals surface area (Å²) >= 11 is 0. The molecule has 0 saturated carbocycles. The van der Waals surface area contributed by atoms with Crippen LogP contribution < -0.4 is 16.4 Å². The smallest absolute Gasteiger partial charge is 0.306 e. The SMILES string of the molecule is N#Cc1ccc(NCC(F)(F)c2ccccn2)nc1CC(=O)NCc1ccc2ccnc(N)c2c1. The molecule has 10 heteroatoms. The van der Waals surface area contributed by atoms with Crippen LogP contribution >= 0.6 is 0 Å². The lowest BCUT2D eigenvalue weighted by Gasteiger charge is -2.17. The summed E-state index contributed by atoms with van der Waals surface area (Å²) in [5.41, 5.74) is 6.75. The molecular weight excluding hydrogens is 452 g/mol. The second-order valence-corrected chi connectivity index (χ2v) is 7.78. The zero-order valence-corrected chi connectivity index (χ0v) is 18.5. The van der Waals surface area contributed by atoms with E-state index in [1.807, 2.05) is 30.3 Å². The third-order valence-electron chi connectivity index (χ3n) is 5.30. The van der Waals surface area contributed by atoms with Crippen LogP contribution in [0.5, 0.6) is 0 Å². The van der Waals surface area contributed by atoms with Crippen LogP contribution in [0, 0.1) is 11.3 Å². The molecule has 8 nitrogen and oxygen atoms in total. The number of nitrogens with zero attached hydrogens (tertiary/aromatic N) is 4. The molecule has 0 saturated heterocycles. The molecule has 0 aliphatic rings. The van der Waals surface area contributed by atoms with Crippen molar-refractivity contribution in [2.75, 3.05) is 17.6 Å². The van der Waals surface area contributed by atoms with E-state index in [-0.39, 0.29) is 41.6 Å². The van der Waals surface area contributed by atoms with Gasteiger partial charge in [0.05, 0.1) is 24.2 Å². The number of halogens is 2. The number of nitrogens with two attached hydrogens (primary N) is 1. The van der Waals surface area contributed by atoms with Crippen molar-refractivity contribution in [1.82, 2.24) is 20.3 Å². The summed E-state index contributed by atoms with van der Waals surface area (Å²) in [7, 11) is 0. The number of carbonyl (C=O) groups is 1. The van der Waals surface area contributed by atoms with E-state index in [0.29, 0.717) is 5.82 Å². The molecule has 3 aromatic heterocycles. The van der Waals surface area contributed by atoms with Crippen LogP contribution in [0.1, 0.15) is 22.5 Å². The first kappa shape index (κ1) is 23.5. The van der Waals surface area contributed by atoms with Gasteiger partial charge in [-0.05, 0) is 47.3 Å². The molecule has 0 bridgehead atoms. The van der Waals surface area contributed by atoms with Crippen molar-refractivity contribution in [3.05, 3.63) is 89.5 Å². The van der Waals surface area contributed by atoms with E-state index in [1.165, 1.54) is 30.5 Å². The summed E-state index contributed by atoms with van der Waals surface area (Å²) in [6, 6.07) is 16.6. The van der Waals surface area contributed by atoms with Crippen LogP contribution in [0.2, 0.25) is 0 Å². The molecule has 0 aliphatic heterocycles. The number of anilines is 2. The molecular formula is C25H21F2N7O. The molecule has 35 heavy (non-hydrogen) atoms. The fourth-order valence-corrected chi connectivity index (χ4v) is 3.47. The van der Waals surface area contributed by atoms with Crippen LogP contribution in [0.4, 0.5) is 20.4 Å². The number of nitrogens with one attached hydrogen (secondary N) is 2. The minimum absolute atomic E-state index is 0.125. The van der Waals surface area contributed by atoms with E-state index in [2.05, 4.69) is 25.6 Å². The predicted molar refractivity (Wildman–Crippen MR) is 127 cm³/mol. The van der Waals surface area contributed by atoms with Gasteiger partial charge >= 0.3 is 5.92 Å². The van der Waals surface area contributed by atoms with Crippen molar-refractivity contribution in [1.29, 1.82) is 5.26 Å². The number of carbonyl (C=O) groups excluding carboxylic acids is 1. The maximum atomic E-state index is 14.4. The number of alkyl halides is 2. The van der Waals surface area contributed by atoms with E-state index in [0.717, 1.165) is 16.3 Å².